The SMILES string of the molecule is COc1c(C)cc(C)cc1C(C)N1CCCNCC1. The van der Waals surface area contributed by atoms with Gasteiger partial charge in [0.15, 0.2) is 0 Å². The van der Waals surface area contributed by atoms with Crippen molar-refractivity contribution in [2.45, 2.75) is 33.2 Å². The van der Waals surface area contributed by atoms with Gasteiger partial charge in [-0.2, -0.15) is 0 Å². The normalized spacial score (nSPS) is 18.9. The number of nitrogens with one attached hydrogen (secondary N) is 1. The average Bonchev–Trinajstić information content (AvgIpc) is 2.66. The first-order valence-electron chi connectivity index (χ1n) is 7.23. The van der Waals surface area contributed by atoms with Gasteiger partial charge in [-0.1, -0.05) is 17.7 Å². The first kappa shape index (κ1) is 14.4. The summed E-state index contributed by atoms with van der Waals surface area (Å²) in [6, 6.07) is 4.88. The van der Waals surface area contributed by atoms with Crippen LogP contribution in [0.1, 0.15) is 36.1 Å². The molecule has 2 rings (SSSR count). The van der Waals surface area contributed by atoms with Gasteiger partial charge in [0.25, 0.3) is 0 Å². The summed E-state index contributed by atoms with van der Waals surface area (Å²) in [5.41, 5.74) is 3.87. The van der Waals surface area contributed by atoms with Crippen LogP contribution in [0, 0.1) is 13.8 Å². The molecule has 0 bridgehead atoms. The summed E-state index contributed by atoms with van der Waals surface area (Å²) in [5, 5.41) is 3.46. The number of aryl methyl sites for hydroxylation is 2. The molecule has 0 aromatic heterocycles. The van der Waals surface area contributed by atoms with Crippen molar-refractivity contribution < 1.29 is 4.74 Å². The van der Waals surface area contributed by atoms with E-state index in [1.165, 1.54) is 23.1 Å². The van der Waals surface area contributed by atoms with E-state index < -0.39 is 0 Å². The van der Waals surface area contributed by atoms with Crippen molar-refractivity contribution in [3.8, 4) is 5.75 Å². The van der Waals surface area contributed by atoms with Crippen molar-refractivity contribution in [2.24, 2.45) is 0 Å². The Hall–Kier alpha value is -1.06. The monoisotopic (exact) mass is 262 g/mol. The number of ether oxygens (including phenoxy) is 1. The highest BCUT2D eigenvalue weighted by atomic mass is 16.5. The van der Waals surface area contributed by atoms with Gasteiger partial charge in [0, 0.05) is 24.7 Å². The van der Waals surface area contributed by atoms with Gasteiger partial charge in [0.05, 0.1) is 7.11 Å². The molecule has 0 spiro atoms. The van der Waals surface area contributed by atoms with Gasteiger partial charge in [0.1, 0.15) is 5.75 Å². The van der Waals surface area contributed by atoms with Gasteiger partial charge in [-0.25, -0.2) is 0 Å². The van der Waals surface area contributed by atoms with Crippen LogP contribution in [0.4, 0.5) is 0 Å². The Balaban J connectivity index is 2.28. The molecule has 1 saturated heterocycles. The van der Waals surface area contributed by atoms with Crippen LogP contribution in [-0.4, -0.2) is 38.2 Å². The van der Waals surface area contributed by atoms with E-state index in [2.05, 4.69) is 43.1 Å². The molecule has 1 aliphatic heterocycles. The molecule has 0 amide bonds. The molecule has 3 heteroatoms. The lowest BCUT2D eigenvalue weighted by Gasteiger charge is -2.29. The maximum atomic E-state index is 5.63. The fourth-order valence-corrected chi connectivity index (χ4v) is 3.03. The smallest absolute Gasteiger partial charge is 0.126 e. The van der Waals surface area contributed by atoms with Crippen LogP contribution in [0.25, 0.3) is 0 Å². The van der Waals surface area contributed by atoms with Gasteiger partial charge in [-0.3, -0.25) is 4.90 Å². The van der Waals surface area contributed by atoms with Crippen LogP contribution >= 0.6 is 0 Å². The lowest BCUT2D eigenvalue weighted by Crippen LogP contribution is -2.31. The molecule has 1 atom stereocenters. The molecule has 0 aliphatic carbocycles. The van der Waals surface area contributed by atoms with E-state index in [1.807, 2.05) is 0 Å². The minimum atomic E-state index is 0.411. The number of benzene rings is 1. The lowest BCUT2D eigenvalue weighted by atomic mass is 9.99. The van der Waals surface area contributed by atoms with Crippen molar-refractivity contribution >= 4 is 0 Å². The molecule has 0 saturated carbocycles. The largest absolute Gasteiger partial charge is 0.496 e. The molecule has 1 aromatic rings. The Labute approximate surface area is 116 Å². The van der Waals surface area contributed by atoms with E-state index in [0.29, 0.717) is 6.04 Å². The third-order valence-corrected chi connectivity index (χ3v) is 4.02. The van der Waals surface area contributed by atoms with Crippen molar-refractivity contribution in [3.63, 3.8) is 0 Å². The van der Waals surface area contributed by atoms with E-state index in [-0.39, 0.29) is 0 Å². The molecule has 1 aliphatic rings. The van der Waals surface area contributed by atoms with Crippen LogP contribution in [-0.2, 0) is 0 Å². The van der Waals surface area contributed by atoms with E-state index >= 15 is 0 Å². The van der Waals surface area contributed by atoms with Crippen LogP contribution < -0.4 is 10.1 Å². The van der Waals surface area contributed by atoms with Gasteiger partial charge in [0.2, 0.25) is 0 Å². The van der Waals surface area contributed by atoms with Crippen LogP contribution in [0.5, 0.6) is 5.75 Å². The second-order valence-corrected chi connectivity index (χ2v) is 5.52. The number of methoxy groups -OCH3 is 1. The topological polar surface area (TPSA) is 24.5 Å². The molecule has 3 nitrogen and oxygen atoms in total. The fraction of sp³-hybridized carbons (Fsp3) is 0.625. The second-order valence-electron chi connectivity index (χ2n) is 5.52. The van der Waals surface area contributed by atoms with Crippen LogP contribution in [0.3, 0.4) is 0 Å². The van der Waals surface area contributed by atoms with Gasteiger partial charge in [-0.05, 0) is 45.8 Å². The summed E-state index contributed by atoms with van der Waals surface area (Å²) in [6.45, 7) is 11.1. The minimum Gasteiger partial charge on any atom is -0.496 e. The van der Waals surface area contributed by atoms with E-state index in [0.717, 1.165) is 31.9 Å². The number of rotatable bonds is 3. The van der Waals surface area contributed by atoms with Crippen LogP contribution in [0.2, 0.25) is 0 Å². The fourth-order valence-electron chi connectivity index (χ4n) is 3.03. The van der Waals surface area contributed by atoms with E-state index in [9.17, 15) is 0 Å². The average molecular weight is 262 g/mol. The van der Waals surface area contributed by atoms with Gasteiger partial charge in [-0.15, -0.1) is 0 Å². The Bertz CT molecular complexity index is 423. The predicted molar refractivity (Wildman–Crippen MR) is 79.9 cm³/mol. The summed E-state index contributed by atoms with van der Waals surface area (Å²) in [6.07, 6.45) is 1.22. The molecule has 1 unspecified atom stereocenters. The lowest BCUT2D eigenvalue weighted by molar-refractivity contribution is 0.220. The zero-order valence-electron chi connectivity index (χ0n) is 12.6. The molecular weight excluding hydrogens is 236 g/mol. The highest BCUT2D eigenvalue weighted by Crippen LogP contribution is 2.33. The standard InChI is InChI=1S/C16H26N2O/c1-12-10-13(2)16(19-4)15(11-12)14(3)18-8-5-6-17-7-9-18/h10-11,14,17H,5-9H2,1-4H3. The Morgan fingerprint density at radius 3 is 2.74 bits per heavy atom. The Morgan fingerprint density at radius 1 is 1.21 bits per heavy atom. The van der Waals surface area contributed by atoms with E-state index in [4.69, 9.17) is 4.74 Å². The summed E-state index contributed by atoms with van der Waals surface area (Å²) in [7, 11) is 1.78. The minimum absolute atomic E-state index is 0.411. The zero-order valence-corrected chi connectivity index (χ0v) is 12.6. The van der Waals surface area contributed by atoms with Crippen molar-refractivity contribution in [3.05, 3.63) is 28.8 Å². The third kappa shape index (κ3) is 3.28. The van der Waals surface area contributed by atoms with Gasteiger partial charge < -0.3 is 10.1 Å². The highest BCUT2D eigenvalue weighted by molar-refractivity contribution is 5.45. The molecule has 1 aromatic carbocycles. The number of nitrogens with zero attached hydrogens (tertiary/aromatic N) is 1. The van der Waals surface area contributed by atoms with Crippen molar-refractivity contribution in [1.82, 2.24) is 10.2 Å². The highest BCUT2D eigenvalue weighted by Gasteiger charge is 2.21. The molecule has 0 radical (unpaired) electrons. The number of hydrogen-bond donors (Lipinski definition) is 1. The van der Waals surface area contributed by atoms with Crippen LogP contribution in [0.15, 0.2) is 12.1 Å². The quantitative estimate of drug-likeness (QED) is 0.906. The zero-order chi connectivity index (χ0) is 13.8. The summed E-state index contributed by atoms with van der Waals surface area (Å²) >= 11 is 0. The van der Waals surface area contributed by atoms with Gasteiger partial charge >= 0.3 is 0 Å². The third-order valence-electron chi connectivity index (χ3n) is 4.02. The molecule has 1 fully saturated rings. The molecular formula is C16H26N2O. The first-order chi connectivity index (χ1) is 9.13. The second kappa shape index (κ2) is 6.40. The Morgan fingerprint density at radius 2 is 2.00 bits per heavy atom. The maximum absolute atomic E-state index is 5.63. The first-order valence-corrected chi connectivity index (χ1v) is 7.23. The van der Waals surface area contributed by atoms with E-state index in [1.54, 1.807) is 7.11 Å². The summed E-state index contributed by atoms with van der Waals surface area (Å²) in [5.74, 6) is 1.05. The predicted octanol–water partition coefficient (Wildman–Crippen LogP) is 2.67. The van der Waals surface area contributed by atoms with Crippen molar-refractivity contribution in [1.29, 1.82) is 0 Å². The Kier molecular flexibility index (Phi) is 4.83. The molecule has 1 N–H and O–H groups in total. The summed E-state index contributed by atoms with van der Waals surface area (Å²) < 4.78 is 5.63. The maximum Gasteiger partial charge on any atom is 0.126 e. The summed E-state index contributed by atoms with van der Waals surface area (Å²) in [4.78, 5) is 2.55. The number of hydrogen-bond acceptors (Lipinski definition) is 3. The molecule has 1 heterocycles. The molecule has 106 valence electrons. The molecule has 19 heavy (non-hydrogen) atoms. The van der Waals surface area contributed by atoms with Crippen molar-refractivity contribution in [2.75, 3.05) is 33.3 Å².